The molecule has 4 aromatic rings. The van der Waals surface area contributed by atoms with Gasteiger partial charge in [-0.25, -0.2) is 13.4 Å². The number of hydrogen-bond donors (Lipinski definition) is 2. The summed E-state index contributed by atoms with van der Waals surface area (Å²) in [6, 6.07) is 5.32. The van der Waals surface area contributed by atoms with E-state index in [0.717, 1.165) is 19.3 Å². The van der Waals surface area contributed by atoms with Crippen molar-refractivity contribution in [2.24, 2.45) is 5.73 Å². The highest BCUT2D eigenvalue weighted by Gasteiger charge is 2.27. The summed E-state index contributed by atoms with van der Waals surface area (Å²) in [6.07, 6.45) is 11.6. The lowest BCUT2D eigenvalue weighted by Crippen LogP contribution is -2.29. The number of rotatable bonds is 3. The normalized spacial score (nSPS) is 16.1. The number of halogens is 2. The van der Waals surface area contributed by atoms with Crippen molar-refractivity contribution in [1.29, 1.82) is 0 Å². The molecule has 1 aliphatic heterocycles. The van der Waals surface area contributed by atoms with Crippen LogP contribution in [-0.4, -0.2) is 50.5 Å². The maximum Gasteiger partial charge on any atom is 0.434 e. The number of terminal acetylenes is 1. The Kier molecular flexibility index (Phi) is 5.75. The smallest absolute Gasteiger partial charge is 0.434 e. The zero-order valence-electron chi connectivity index (χ0n) is 18.9. The van der Waals surface area contributed by atoms with E-state index in [1.807, 2.05) is 10.8 Å². The van der Waals surface area contributed by atoms with Crippen LogP contribution in [0.3, 0.4) is 0 Å². The highest BCUT2D eigenvalue weighted by Crippen LogP contribution is 2.38. The molecular formula is C26H22F2N5O2+. The summed E-state index contributed by atoms with van der Waals surface area (Å²) < 4.78 is 37.7. The van der Waals surface area contributed by atoms with Gasteiger partial charge in [0, 0.05) is 34.6 Å². The van der Waals surface area contributed by atoms with Gasteiger partial charge in [-0.2, -0.15) is 4.98 Å². The summed E-state index contributed by atoms with van der Waals surface area (Å²) in [5, 5.41) is 11.4. The minimum atomic E-state index is -0.775. The maximum absolute atomic E-state index is 16.1. The molecule has 0 fully saturated rings. The molecule has 0 saturated carbocycles. The van der Waals surface area contributed by atoms with Crippen molar-refractivity contribution >= 4 is 33.7 Å². The molecule has 2 aromatic heterocycles. The van der Waals surface area contributed by atoms with Gasteiger partial charge < -0.3 is 15.6 Å². The van der Waals surface area contributed by atoms with Crippen LogP contribution in [0.4, 0.5) is 14.6 Å². The second-order valence-electron chi connectivity index (χ2n) is 8.40. The quantitative estimate of drug-likeness (QED) is 0.344. The van der Waals surface area contributed by atoms with Crippen LogP contribution in [0.5, 0.6) is 11.8 Å². The van der Waals surface area contributed by atoms with Crippen LogP contribution in [0.15, 0.2) is 30.5 Å². The van der Waals surface area contributed by atoms with Crippen LogP contribution in [0.25, 0.3) is 32.9 Å². The average molecular weight is 474 g/mol. The molecule has 0 saturated heterocycles. The van der Waals surface area contributed by atoms with E-state index in [1.54, 1.807) is 0 Å². The summed E-state index contributed by atoms with van der Waals surface area (Å²) in [6.45, 7) is 0.501. The number of fused-ring (bicyclic) bond motifs is 2. The van der Waals surface area contributed by atoms with Gasteiger partial charge >= 0.3 is 11.8 Å². The molecule has 3 heterocycles. The second kappa shape index (κ2) is 8.89. The Balaban J connectivity index is 1.81. The predicted molar refractivity (Wildman–Crippen MR) is 129 cm³/mol. The lowest BCUT2D eigenvalue weighted by atomic mass is 9.96. The molecule has 0 spiro atoms. The van der Waals surface area contributed by atoms with Crippen LogP contribution in [0, 0.1) is 24.0 Å². The van der Waals surface area contributed by atoms with Crippen molar-refractivity contribution in [1.82, 2.24) is 15.0 Å². The molecule has 1 aliphatic rings. The summed E-state index contributed by atoms with van der Waals surface area (Å²) in [5.74, 6) is 1.21. The number of nitrogens with two attached hydrogens (primary N) is 1. The molecule has 1 atom stereocenters. The Bertz CT molecular complexity index is 1560. The highest BCUT2D eigenvalue weighted by atomic mass is 19.1. The van der Waals surface area contributed by atoms with Gasteiger partial charge in [0.15, 0.2) is 5.82 Å². The Morgan fingerprint density at radius 3 is 2.86 bits per heavy atom. The van der Waals surface area contributed by atoms with Crippen molar-refractivity contribution in [2.45, 2.75) is 25.3 Å². The Hall–Kier alpha value is -4.16. The van der Waals surface area contributed by atoms with Gasteiger partial charge in [-0.05, 0) is 36.4 Å². The summed E-state index contributed by atoms with van der Waals surface area (Å²) in [4.78, 5) is 13.0. The fourth-order valence-corrected chi connectivity index (χ4v) is 4.49. The van der Waals surface area contributed by atoms with Crippen molar-refractivity contribution < 1.29 is 23.2 Å². The van der Waals surface area contributed by atoms with Gasteiger partial charge in [-0.15, -0.1) is 6.42 Å². The zero-order valence-corrected chi connectivity index (χ0v) is 18.9. The molecule has 2 aromatic carbocycles. The number of ether oxygens (including phenoxy) is 1. The SMILES string of the molecule is C#Cc1c(F)ccc2cc(O)cc(-c3ncc4c([N+]5=CCCC[C@@H](N)C5)nc(OC)nc4c3F)c12. The molecule has 0 aliphatic carbocycles. The van der Waals surface area contributed by atoms with Crippen LogP contribution in [0.1, 0.15) is 24.8 Å². The molecule has 3 N–H and O–H groups in total. The molecule has 176 valence electrons. The lowest BCUT2D eigenvalue weighted by Gasteiger charge is -2.13. The third kappa shape index (κ3) is 3.92. The molecule has 9 heteroatoms. The minimum Gasteiger partial charge on any atom is -0.508 e. The van der Waals surface area contributed by atoms with E-state index < -0.39 is 11.6 Å². The van der Waals surface area contributed by atoms with E-state index in [2.05, 4.69) is 20.9 Å². The monoisotopic (exact) mass is 474 g/mol. The van der Waals surface area contributed by atoms with Gasteiger partial charge in [0.1, 0.15) is 34.7 Å². The molecule has 5 rings (SSSR count). The molecular weight excluding hydrogens is 452 g/mol. The summed E-state index contributed by atoms with van der Waals surface area (Å²) >= 11 is 0. The molecule has 0 unspecified atom stereocenters. The van der Waals surface area contributed by atoms with E-state index >= 15 is 4.39 Å². The van der Waals surface area contributed by atoms with Gasteiger partial charge in [-0.1, -0.05) is 12.0 Å². The van der Waals surface area contributed by atoms with Crippen LogP contribution < -0.4 is 10.5 Å². The number of nitrogens with zero attached hydrogens (tertiary/aromatic N) is 4. The zero-order chi connectivity index (χ0) is 24.7. The van der Waals surface area contributed by atoms with Crippen molar-refractivity contribution in [3.8, 4) is 35.4 Å². The fraction of sp³-hybridized carbons (Fsp3) is 0.231. The molecule has 35 heavy (non-hydrogen) atoms. The number of aromatic hydroxyl groups is 1. The molecule has 0 bridgehead atoms. The van der Waals surface area contributed by atoms with E-state index in [-0.39, 0.29) is 45.5 Å². The number of methoxy groups -OCH3 is 1. The minimum absolute atomic E-state index is 0.0223. The summed E-state index contributed by atoms with van der Waals surface area (Å²) in [7, 11) is 1.40. The van der Waals surface area contributed by atoms with E-state index in [9.17, 15) is 9.50 Å². The molecule has 7 nitrogen and oxygen atoms in total. The van der Waals surface area contributed by atoms with Crippen molar-refractivity contribution in [3.63, 3.8) is 0 Å². The third-order valence-corrected chi connectivity index (χ3v) is 6.11. The Morgan fingerprint density at radius 2 is 2.09 bits per heavy atom. The first-order valence-corrected chi connectivity index (χ1v) is 11.1. The average Bonchev–Trinajstić information content (AvgIpc) is 3.07. The third-order valence-electron chi connectivity index (χ3n) is 6.11. The van der Waals surface area contributed by atoms with Crippen molar-refractivity contribution in [2.75, 3.05) is 13.7 Å². The van der Waals surface area contributed by atoms with E-state index in [1.165, 1.54) is 37.6 Å². The Morgan fingerprint density at radius 1 is 1.26 bits per heavy atom. The highest BCUT2D eigenvalue weighted by molar-refractivity contribution is 6.02. The number of aromatic nitrogens is 3. The first kappa shape index (κ1) is 22.6. The largest absolute Gasteiger partial charge is 0.508 e. The second-order valence-corrected chi connectivity index (χ2v) is 8.40. The lowest BCUT2D eigenvalue weighted by molar-refractivity contribution is -0.441. The van der Waals surface area contributed by atoms with E-state index in [4.69, 9.17) is 16.9 Å². The van der Waals surface area contributed by atoms with Gasteiger partial charge in [0.05, 0.1) is 18.9 Å². The van der Waals surface area contributed by atoms with Crippen molar-refractivity contribution in [3.05, 3.63) is 47.7 Å². The predicted octanol–water partition coefficient (Wildman–Crippen LogP) is 4.04. The Labute approximate surface area is 199 Å². The van der Waals surface area contributed by atoms with Gasteiger partial charge in [0.2, 0.25) is 0 Å². The number of phenolic OH excluding ortho intramolecular Hbond substituents is 1. The van der Waals surface area contributed by atoms with Crippen LogP contribution >= 0.6 is 0 Å². The first-order valence-electron chi connectivity index (χ1n) is 11.1. The van der Waals surface area contributed by atoms with E-state index in [0.29, 0.717) is 23.1 Å². The van der Waals surface area contributed by atoms with Crippen LogP contribution in [-0.2, 0) is 0 Å². The van der Waals surface area contributed by atoms with Gasteiger partial charge in [0.25, 0.3) is 0 Å². The topological polar surface area (TPSA) is 97.2 Å². The number of benzene rings is 2. The number of pyridine rings is 1. The van der Waals surface area contributed by atoms with Crippen LogP contribution in [0.2, 0.25) is 0 Å². The number of hydrogen-bond acceptors (Lipinski definition) is 6. The molecule has 0 radical (unpaired) electrons. The number of phenols is 1. The summed E-state index contributed by atoms with van der Waals surface area (Å²) in [5.41, 5.74) is 6.15. The van der Waals surface area contributed by atoms with Gasteiger partial charge in [-0.3, -0.25) is 4.98 Å². The fourth-order valence-electron chi connectivity index (χ4n) is 4.49. The maximum atomic E-state index is 16.1. The molecule has 0 amide bonds. The standard InChI is InChI=1S/C26H21F2N5O2/c1-3-17-20(27)8-7-14-10-16(34)11-18(21(14)17)23-22(28)24-19(12-30-23)25(32-26(31-24)35-2)33-9-5-4-6-15(29)13-33/h1,7-12,15H,4-6,13,29H2,2H3/p+1/t15-/m1/s1. The first-order chi connectivity index (χ1) is 16.9.